The number of rotatable bonds is 3. The Morgan fingerprint density at radius 2 is 1.58 bits per heavy atom. The number of nitrogens with zero attached hydrogens (tertiary/aromatic N) is 2. The van der Waals surface area contributed by atoms with E-state index in [0.29, 0.717) is 17.1 Å². The highest BCUT2D eigenvalue weighted by Gasteiger charge is 2.11. The maximum absolute atomic E-state index is 12.3. The van der Waals surface area contributed by atoms with Crippen LogP contribution in [-0.2, 0) is 0 Å². The molecular formula is C17H12Cl2N4O. The second kappa shape index (κ2) is 6.86. The summed E-state index contributed by atoms with van der Waals surface area (Å²) in [7, 11) is 0. The Labute approximate surface area is 148 Å². The second-order valence-electron chi connectivity index (χ2n) is 4.97. The lowest BCUT2D eigenvalue weighted by Crippen LogP contribution is -2.13. The summed E-state index contributed by atoms with van der Waals surface area (Å²) in [6.07, 6.45) is 2.93. The van der Waals surface area contributed by atoms with Crippen LogP contribution in [0.15, 0.2) is 54.9 Å². The SMILES string of the molecule is Nc1c(Cl)cc(NC(=O)c2cnc(-c3ccccc3)nc2)cc1Cl. The largest absolute Gasteiger partial charge is 0.396 e. The summed E-state index contributed by atoms with van der Waals surface area (Å²) in [5, 5.41) is 3.23. The summed E-state index contributed by atoms with van der Waals surface area (Å²) in [4.78, 5) is 20.7. The molecule has 5 nitrogen and oxygen atoms in total. The van der Waals surface area contributed by atoms with Crippen molar-refractivity contribution in [3.8, 4) is 11.4 Å². The Bertz CT molecular complexity index is 860. The Morgan fingerprint density at radius 1 is 1.00 bits per heavy atom. The van der Waals surface area contributed by atoms with Gasteiger partial charge in [-0.2, -0.15) is 0 Å². The van der Waals surface area contributed by atoms with Crippen molar-refractivity contribution < 1.29 is 4.79 Å². The molecule has 0 saturated heterocycles. The van der Waals surface area contributed by atoms with Crippen LogP contribution in [0.4, 0.5) is 11.4 Å². The van der Waals surface area contributed by atoms with Gasteiger partial charge < -0.3 is 11.1 Å². The average Bonchev–Trinajstić information content (AvgIpc) is 2.60. The van der Waals surface area contributed by atoms with Gasteiger partial charge in [-0.3, -0.25) is 4.79 Å². The van der Waals surface area contributed by atoms with Crippen molar-refractivity contribution in [2.45, 2.75) is 0 Å². The normalized spacial score (nSPS) is 10.4. The van der Waals surface area contributed by atoms with Crippen molar-refractivity contribution in [1.82, 2.24) is 9.97 Å². The second-order valence-corrected chi connectivity index (χ2v) is 5.78. The Morgan fingerprint density at radius 3 is 2.17 bits per heavy atom. The molecule has 24 heavy (non-hydrogen) atoms. The number of hydrogen-bond acceptors (Lipinski definition) is 4. The number of aromatic nitrogens is 2. The van der Waals surface area contributed by atoms with Crippen molar-refractivity contribution in [2.75, 3.05) is 11.1 Å². The molecule has 0 aliphatic rings. The number of hydrogen-bond donors (Lipinski definition) is 2. The summed E-state index contributed by atoms with van der Waals surface area (Å²) in [6.45, 7) is 0. The van der Waals surface area contributed by atoms with Crippen LogP contribution in [0.1, 0.15) is 10.4 Å². The lowest BCUT2D eigenvalue weighted by atomic mass is 10.2. The topological polar surface area (TPSA) is 80.9 Å². The van der Waals surface area contributed by atoms with Crippen molar-refractivity contribution in [3.63, 3.8) is 0 Å². The van der Waals surface area contributed by atoms with Crippen molar-refractivity contribution in [1.29, 1.82) is 0 Å². The van der Waals surface area contributed by atoms with Crippen LogP contribution in [0.25, 0.3) is 11.4 Å². The highest BCUT2D eigenvalue weighted by Crippen LogP contribution is 2.31. The van der Waals surface area contributed by atoms with Gasteiger partial charge in [-0.1, -0.05) is 53.5 Å². The minimum atomic E-state index is -0.369. The van der Waals surface area contributed by atoms with Crippen LogP contribution in [0, 0.1) is 0 Å². The first-order chi connectivity index (χ1) is 11.5. The number of benzene rings is 2. The molecule has 3 N–H and O–H groups in total. The summed E-state index contributed by atoms with van der Waals surface area (Å²) >= 11 is 11.9. The molecule has 0 fully saturated rings. The van der Waals surface area contributed by atoms with Crippen LogP contribution in [0.2, 0.25) is 10.0 Å². The first-order valence-corrected chi connectivity index (χ1v) is 7.73. The van der Waals surface area contributed by atoms with Gasteiger partial charge in [-0.05, 0) is 12.1 Å². The van der Waals surface area contributed by atoms with Crippen LogP contribution in [0.3, 0.4) is 0 Å². The van der Waals surface area contributed by atoms with Crippen molar-refractivity contribution in [3.05, 3.63) is 70.5 Å². The molecule has 0 radical (unpaired) electrons. The number of amides is 1. The lowest BCUT2D eigenvalue weighted by Gasteiger charge is -2.08. The predicted molar refractivity (Wildman–Crippen MR) is 96.3 cm³/mol. The molecule has 0 saturated carbocycles. The summed E-state index contributed by atoms with van der Waals surface area (Å²) in [6, 6.07) is 12.6. The molecule has 7 heteroatoms. The summed E-state index contributed by atoms with van der Waals surface area (Å²) in [5.74, 6) is 0.178. The third-order valence-electron chi connectivity index (χ3n) is 3.28. The van der Waals surface area contributed by atoms with Crippen LogP contribution in [0.5, 0.6) is 0 Å². The molecule has 0 unspecified atom stereocenters. The minimum Gasteiger partial charge on any atom is -0.396 e. The standard InChI is InChI=1S/C17H12Cl2N4O/c18-13-6-12(7-14(19)15(13)20)23-17(24)11-8-21-16(22-9-11)10-4-2-1-3-5-10/h1-9H,20H2,(H,23,24). The molecule has 1 aromatic heterocycles. The van der Waals surface area contributed by atoms with Crippen LogP contribution in [-0.4, -0.2) is 15.9 Å². The average molecular weight is 359 g/mol. The number of nitrogen functional groups attached to an aromatic ring is 1. The Hall–Kier alpha value is -2.63. The number of halogens is 2. The molecule has 0 bridgehead atoms. The molecule has 120 valence electrons. The number of nitrogens with two attached hydrogens (primary N) is 1. The first-order valence-electron chi connectivity index (χ1n) is 6.98. The molecule has 0 spiro atoms. The van der Waals surface area contributed by atoms with Gasteiger partial charge in [-0.25, -0.2) is 9.97 Å². The smallest absolute Gasteiger partial charge is 0.258 e. The van der Waals surface area contributed by atoms with E-state index >= 15 is 0 Å². The fourth-order valence-corrected chi connectivity index (χ4v) is 2.53. The van der Waals surface area contributed by atoms with E-state index in [-0.39, 0.29) is 21.6 Å². The molecule has 0 aliphatic heterocycles. The minimum absolute atomic E-state index is 0.270. The molecule has 1 amide bonds. The van der Waals surface area contributed by atoms with Crippen molar-refractivity contribution in [2.24, 2.45) is 0 Å². The van der Waals surface area contributed by atoms with E-state index < -0.39 is 0 Å². The molecule has 0 atom stereocenters. The highest BCUT2D eigenvalue weighted by molar-refractivity contribution is 6.39. The van der Waals surface area contributed by atoms with Gasteiger partial charge >= 0.3 is 0 Å². The zero-order chi connectivity index (χ0) is 17.1. The zero-order valence-corrected chi connectivity index (χ0v) is 13.8. The zero-order valence-electron chi connectivity index (χ0n) is 12.3. The number of nitrogens with one attached hydrogen (secondary N) is 1. The van der Waals surface area contributed by atoms with Gasteiger partial charge in [0.1, 0.15) is 0 Å². The Balaban J connectivity index is 1.78. The van der Waals surface area contributed by atoms with E-state index in [4.69, 9.17) is 28.9 Å². The number of carbonyl (C=O) groups excluding carboxylic acids is 1. The van der Waals surface area contributed by atoms with Crippen LogP contribution >= 0.6 is 23.2 Å². The fraction of sp³-hybridized carbons (Fsp3) is 0. The monoisotopic (exact) mass is 358 g/mol. The molecule has 1 heterocycles. The van der Waals surface area contributed by atoms with E-state index in [1.165, 1.54) is 24.5 Å². The number of carbonyl (C=O) groups is 1. The third-order valence-corrected chi connectivity index (χ3v) is 3.91. The molecule has 3 aromatic rings. The predicted octanol–water partition coefficient (Wildman–Crippen LogP) is 4.28. The van der Waals surface area contributed by atoms with Gasteiger partial charge in [0.15, 0.2) is 5.82 Å². The van der Waals surface area contributed by atoms with Gasteiger partial charge in [0.2, 0.25) is 0 Å². The van der Waals surface area contributed by atoms with Gasteiger partial charge in [0.25, 0.3) is 5.91 Å². The van der Waals surface area contributed by atoms with Gasteiger partial charge in [-0.15, -0.1) is 0 Å². The van der Waals surface area contributed by atoms with E-state index in [0.717, 1.165) is 5.56 Å². The van der Waals surface area contributed by atoms with E-state index in [9.17, 15) is 4.79 Å². The first kappa shape index (κ1) is 16.2. The third kappa shape index (κ3) is 3.48. The maximum atomic E-state index is 12.3. The molecular weight excluding hydrogens is 347 g/mol. The fourth-order valence-electron chi connectivity index (χ4n) is 2.04. The summed E-state index contributed by atoms with van der Waals surface area (Å²) in [5.41, 5.74) is 7.57. The quantitative estimate of drug-likeness (QED) is 0.684. The lowest BCUT2D eigenvalue weighted by molar-refractivity contribution is 0.102. The highest BCUT2D eigenvalue weighted by atomic mass is 35.5. The van der Waals surface area contributed by atoms with E-state index in [1.54, 1.807) is 0 Å². The molecule has 0 aliphatic carbocycles. The van der Waals surface area contributed by atoms with Crippen molar-refractivity contribution >= 4 is 40.5 Å². The molecule has 2 aromatic carbocycles. The van der Waals surface area contributed by atoms with E-state index in [2.05, 4.69) is 15.3 Å². The van der Waals surface area contributed by atoms with Gasteiger partial charge in [0, 0.05) is 23.6 Å². The summed E-state index contributed by atoms with van der Waals surface area (Å²) < 4.78 is 0. The van der Waals surface area contributed by atoms with E-state index in [1.807, 2.05) is 30.3 Å². The Kier molecular flexibility index (Phi) is 4.64. The maximum Gasteiger partial charge on any atom is 0.258 e. The molecule has 3 rings (SSSR count). The van der Waals surface area contributed by atoms with Crippen LogP contribution < -0.4 is 11.1 Å². The number of anilines is 2. The van der Waals surface area contributed by atoms with Gasteiger partial charge in [0.05, 0.1) is 21.3 Å².